The van der Waals surface area contributed by atoms with Crippen LogP contribution >= 0.6 is 0 Å². The van der Waals surface area contributed by atoms with Crippen LogP contribution in [0.2, 0.25) is 0 Å². The van der Waals surface area contributed by atoms with Crippen molar-refractivity contribution < 1.29 is 22.8 Å². The van der Waals surface area contributed by atoms with E-state index in [0.29, 0.717) is 12.0 Å². The fourth-order valence-electron chi connectivity index (χ4n) is 3.18. The maximum absolute atomic E-state index is 14.3. The average Bonchev–Trinajstić information content (AvgIpc) is 3.61. The highest BCUT2D eigenvalue weighted by molar-refractivity contribution is 5.99. The Labute approximate surface area is 165 Å². The van der Waals surface area contributed by atoms with Crippen molar-refractivity contribution in [2.24, 2.45) is 5.92 Å². The lowest BCUT2D eigenvalue weighted by molar-refractivity contribution is -0.117. The summed E-state index contributed by atoms with van der Waals surface area (Å²) in [6.07, 6.45) is 2.97. The molecule has 0 saturated heterocycles. The van der Waals surface area contributed by atoms with Crippen LogP contribution < -0.4 is 5.32 Å². The molecule has 1 aromatic heterocycles. The van der Waals surface area contributed by atoms with E-state index in [1.54, 1.807) is 6.07 Å². The van der Waals surface area contributed by atoms with Crippen LogP contribution in [0.1, 0.15) is 41.1 Å². The number of halogens is 3. The largest absolute Gasteiger partial charge is 0.329 e. The lowest BCUT2D eigenvalue weighted by Crippen LogP contribution is -2.39. The highest BCUT2D eigenvalue weighted by Crippen LogP contribution is 2.41. The van der Waals surface area contributed by atoms with Gasteiger partial charge in [-0.25, -0.2) is 23.1 Å². The Morgan fingerprint density at radius 2 is 1.86 bits per heavy atom. The molecule has 1 unspecified atom stereocenters. The molecule has 6 nitrogen and oxygen atoms in total. The zero-order chi connectivity index (χ0) is 20.5. The van der Waals surface area contributed by atoms with Crippen molar-refractivity contribution in [3.8, 4) is 0 Å². The summed E-state index contributed by atoms with van der Waals surface area (Å²) < 4.78 is 40.6. The molecular formula is C20H19F3N4O2. The minimum atomic E-state index is -1.01. The van der Waals surface area contributed by atoms with E-state index in [0.717, 1.165) is 25.2 Å². The summed E-state index contributed by atoms with van der Waals surface area (Å²) in [5.41, 5.74) is 0.694. The molecule has 1 N–H and O–H groups in total. The van der Waals surface area contributed by atoms with Crippen molar-refractivity contribution in [2.75, 3.05) is 18.4 Å². The number of benzene rings is 1. The highest BCUT2D eigenvalue weighted by atomic mass is 19.1. The number of anilines is 1. The van der Waals surface area contributed by atoms with E-state index in [1.165, 1.54) is 17.0 Å². The SMILES string of the molecule is O=C(CN(CC1C[C@H]1F)C(=O)c1ccc(C2CC2)c(F)c1)Nc1ncc(F)cn1. The molecule has 0 spiro atoms. The molecule has 2 aliphatic carbocycles. The van der Waals surface area contributed by atoms with Crippen molar-refractivity contribution >= 4 is 17.8 Å². The molecular weight excluding hydrogens is 385 g/mol. The van der Waals surface area contributed by atoms with Gasteiger partial charge >= 0.3 is 0 Å². The molecule has 4 rings (SSSR count). The van der Waals surface area contributed by atoms with Gasteiger partial charge in [0.1, 0.15) is 18.5 Å². The highest BCUT2D eigenvalue weighted by Gasteiger charge is 2.40. The van der Waals surface area contributed by atoms with E-state index in [9.17, 15) is 22.8 Å². The molecule has 29 heavy (non-hydrogen) atoms. The van der Waals surface area contributed by atoms with Crippen LogP contribution in [0.25, 0.3) is 0 Å². The number of nitrogens with zero attached hydrogens (tertiary/aromatic N) is 3. The fraction of sp³-hybridized carbons (Fsp3) is 0.400. The summed E-state index contributed by atoms with van der Waals surface area (Å²) in [5, 5.41) is 2.36. The van der Waals surface area contributed by atoms with Crippen LogP contribution in [-0.2, 0) is 4.79 Å². The predicted molar refractivity (Wildman–Crippen MR) is 97.9 cm³/mol. The minimum absolute atomic E-state index is 0.0453. The number of amides is 2. The van der Waals surface area contributed by atoms with Crippen LogP contribution in [0.5, 0.6) is 0 Å². The normalized spacial score (nSPS) is 20.2. The molecule has 2 aliphatic rings. The Morgan fingerprint density at radius 3 is 2.45 bits per heavy atom. The number of aromatic nitrogens is 2. The Kier molecular flexibility index (Phi) is 5.21. The van der Waals surface area contributed by atoms with Crippen LogP contribution in [0.3, 0.4) is 0 Å². The van der Waals surface area contributed by atoms with Gasteiger partial charge in [-0.15, -0.1) is 0 Å². The third-order valence-electron chi connectivity index (χ3n) is 5.05. The number of alkyl halides is 1. The van der Waals surface area contributed by atoms with E-state index in [-0.39, 0.29) is 36.4 Å². The van der Waals surface area contributed by atoms with E-state index in [2.05, 4.69) is 15.3 Å². The third-order valence-corrected chi connectivity index (χ3v) is 5.05. The molecule has 0 aliphatic heterocycles. The van der Waals surface area contributed by atoms with Crippen molar-refractivity contribution in [3.05, 3.63) is 53.4 Å². The number of carbonyl (C=O) groups excluding carboxylic acids is 2. The van der Waals surface area contributed by atoms with Gasteiger partial charge in [0.05, 0.1) is 12.4 Å². The summed E-state index contributed by atoms with van der Waals surface area (Å²) in [6, 6.07) is 4.30. The van der Waals surface area contributed by atoms with Crippen LogP contribution in [0.4, 0.5) is 19.1 Å². The summed E-state index contributed by atoms with van der Waals surface area (Å²) in [5.74, 6) is -2.52. The topological polar surface area (TPSA) is 75.2 Å². The lowest BCUT2D eigenvalue weighted by atomic mass is 10.1. The maximum Gasteiger partial charge on any atom is 0.254 e. The van der Waals surface area contributed by atoms with Gasteiger partial charge in [-0.1, -0.05) is 6.07 Å². The summed E-state index contributed by atoms with van der Waals surface area (Å²) in [4.78, 5) is 33.6. The lowest BCUT2D eigenvalue weighted by Gasteiger charge is -2.22. The molecule has 0 bridgehead atoms. The van der Waals surface area contributed by atoms with Gasteiger partial charge in [0.15, 0.2) is 5.82 Å². The van der Waals surface area contributed by atoms with Crippen molar-refractivity contribution in [1.82, 2.24) is 14.9 Å². The van der Waals surface area contributed by atoms with E-state index < -0.39 is 29.6 Å². The first-order chi connectivity index (χ1) is 13.9. The molecule has 1 aromatic carbocycles. The number of hydrogen-bond donors (Lipinski definition) is 1. The van der Waals surface area contributed by atoms with Crippen LogP contribution in [-0.4, -0.2) is 45.9 Å². The Morgan fingerprint density at radius 1 is 1.17 bits per heavy atom. The smallest absolute Gasteiger partial charge is 0.254 e. The molecule has 9 heteroatoms. The van der Waals surface area contributed by atoms with Crippen molar-refractivity contribution in [3.63, 3.8) is 0 Å². The molecule has 1 heterocycles. The molecule has 2 atom stereocenters. The van der Waals surface area contributed by atoms with E-state index in [4.69, 9.17) is 0 Å². The van der Waals surface area contributed by atoms with Crippen LogP contribution in [0.15, 0.2) is 30.6 Å². The van der Waals surface area contributed by atoms with Crippen molar-refractivity contribution in [1.29, 1.82) is 0 Å². The Hall–Kier alpha value is -2.97. The van der Waals surface area contributed by atoms with Gasteiger partial charge < -0.3 is 4.90 Å². The molecule has 2 amide bonds. The predicted octanol–water partition coefficient (Wildman–Crippen LogP) is 3.07. The van der Waals surface area contributed by atoms with Gasteiger partial charge in [0.25, 0.3) is 5.91 Å². The Bertz CT molecular complexity index is 934. The zero-order valence-corrected chi connectivity index (χ0v) is 15.4. The number of carbonyl (C=O) groups is 2. The molecule has 0 radical (unpaired) electrons. The fourth-order valence-corrected chi connectivity index (χ4v) is 3.18. The van der Waals surface area contributed by atoms with Gasteiger partial charge in [-0.3, -0.25) is 14.9 Å². The van der Waals surface area contributed by atoms with Gasteiger partial charge in [0, 0.05) is 18.0 Å². The first-order valence-corrected chi connectivity index (χ1v) is 9.41. The van der Waals surface area contributed by atoms with Gasteiger partial charge in [-0.05, 0) is 42.9 Å². The molecule has 2 saturated carbocycles. The van der Waals surface area contributed by atoms with Gasteiger partial charge in [-0.2, -0.15) is 0 Å². The van der Waals surface area contributed by atoms with Gasteiger partial charge in [0.2, 0.25) is 11.9 Å². The summed E-state index contributed by atoms with van der Waals surface area (Å²) in [6.45, 7) is -0.335. The second-order valence-electron chi connectivity index (χ2n) is 7.48. The maximum atomic E-state index is 14.3. The molecule has 2 fully saturated rings. The summed E-state index contributed by atoms with van der Waals surface area (Å²) in [7, 11) is 0. The van der Waals surface area contributed by atoms with Crippen LogP contribution in [0, 0.1) is 17.6 Å². The zero-order valence-electron chi connectivity index (χ0n) is 15.4. The first-order valence-electron chi connectivity index (χ1n) is 9.41. The third kappa shape index (κ3) is 4.72. The standard InChI is InChI=1S/C20H19F3N4O2/c21-14-7-24-20(25-8-14)26-18(28)10-27(9-13-6-16(13)22)19(29)12-3-4-15(11-1-2-11)17(23)5-12/h3-5,7-8,11,13,16H,1-2,6,9-10H2,(H,24,25,26,28)/t13?,16-/m1/s1. The first kappa shape index (κ1) is 19.4. The number of hydrogen-bond acceptors (Lipinski definition) is 4. The monoisotopic (exact) mass is 404 g/mol. The number of nitrogens with one attached hydrogen (secondary N) is 1. The Balaban J connectivity index is 1.47. The van der Waals surface area contributed by atoms with Crippen molar-refractivity contribution in [2.45, 2.75) is 31.4 Å². The van der Waals surface area contributed by atoms with E-state index >= 15 is 0 Å². The molecule has 2 aromatic rings. The second kappa shape index (κ2) is 7.81. The minimum Gasteiger partial charge on any atom is -0.329 e. The number of rotatable bonds is 7. The quantitative estimate of drug-likeness (QED) is 0.770. The average molecular weight is 404 g/mol. The second-order valence-corrected chi connectivity index (χ2v) is 7.48. The van der Waals surface area contributed by atoms with E-state index in [1.807, 2.05) is 0 Å². The summed E-state index contributed by atoms with van der Waals surface area (Å²) >= 11 is 0. The molecule has 152 valence electrons.